The number of anilines is 1. The third-order valence-corrected chi connectivity index (χ3v) is 5.09. The molecular formula is C15H18F2N4O2. The molecule has 6 nitrogen and oxygen atoms in total. The van der Waals surface area contributed by atoms with E-state index in [4.69, 9.17) is 4.74 Å². The topological polar surface area (TPSA) is 67.3 Å². The number of alkyl halides is 2. The fraction of sp³-hybridized carbons (Fsp3) is 0.667. The number of carbonyl (C=O) groups is 1. The van der Waals surface area contributed by atoms with Crippen LogP contribution in [0, 0.1) is 11.3 Å². The molecule has 0 spiro atoms. The zero-order chi connectivity index (χ0) is 16.1. The van der Waals surface area contributed by atoms with Gasteiger partial charge in [-0.15, -0.1) is 0 Å². The lowest BCUT2D eigenvalue weighted by Gasteiger charge is -2.37. The van der Waals surface area contributed by atoms with Gasteiger partial charge in [-0.05, 0) is 6.07 Å². The molecule has 23 heavy (non-hydrogen) atoms. The van der Waals surface area contributed by atoms with Gasteiger partial charge >= 0.3 is 0 Å². The first kappa shape index (κ1) is 14.7. The molecule has 3 aliphatic rings. The summed E-state index contributed by atoms with van der Waals surface area (Å²) in [5.74, 6) is -2.20. The lowest BCUT2D eigenvalue weighted by atomic mass is 9.79. The number of aromatic nitrogens is 2. The van der Waals surface area contributed by atoms with Crippen LogP contribution in [-0.4, -0.2) is 54.1 Å². The number of hydrogen-bond donors (Lipinski definition) is 1. The van der Waals surface area contributed by atoms with E-state index in [9.17, 15) is 13.6 Å². The van der Waals surface area contributed by atoms with E-state index in [1.165, 1.54) is 0 Å². The predicted octanol–water partition coefficient (Wildman–Crippen LogP) is 0.843. The molecule has 1 amide bonds. The summed E-state index contributed by atoms with van der Waals surface area (Å²) in [4.78, 5) is 23.2. The summed E-state index contributed by atoms with van der Waals surface area (Å²) in [5.41, 5.74) is -0.690. The molecule has 124 valence electrons. The Morgan fingerprint density at radius 1 is 1.35 bits per heavy atom. The normalized spacial score (nSPS) is 32.4. The standard InChI is InChI=1S/C15H18F2N4O2/c16-15(17)4-11(5-15)20-12(22)14-8-21(6-10(14)7-23-9-14)13-18-2-1-3-19-13/h1-3,10-11H,4-9H2,(H,20,22)/t10-,14-/m1/s1. The van der Waals surface area contributed by atoms with E-state index >= 15 is 0 Å². The van der Waals surface area contributed by atoms with Crippen LogP contribution in [0.3, 0.4) is 0 Å². The van der Waals surface area contributed by atoms with Crippen molar-refractivity contribution in [2.75, 3.05) is 31.2 Å². The van der Waals surface area contributed by atoms with E-state index in [1.807, 2.05) is 4.90 Å². The number of ether oxygens (including phenoxy) is 1. The molecule has 1 aromatic heterocycles. The number of nitrogens with zero attached hydrogens (tertiary/aromatic N) is 3. The van der Waals surface area contributed by atoms with Gasteiger partial charge in [-0.2, -0.15) is 0 Å². The highest BCUT2D eigenvalue weighted by atomic mass is 19.3. The first-order chi connectivity index (χ1) is 11.0. The van der Waals surface area contributed by atoms with Crippen molar-refractivity contribution in [2.24, 2.45) is 11.3 Å². The van der Waals surface area contributed by atoms with Crippen LogP contribution in [0.2, 0.25) is 0 Å². The van der Waals surface area contributed by atoms with Gasteiger partial charge in [0, 0.05) is 50.3 Å². The SMILES string of the molecule is O=C(NC1CC(F)(F)C1)[C@]12COC[C@H]1CN(c1ncccn1)C2. The Labute approximate surface area is 132 Å². The maximum Gasteiger partial charge on any atom is 0.252 e. The quantitative estimate of drug-likeness (QED) is 0.893. The van der Waals surface area contributed by atoms with E-state index in [2.05, 4.69) is 15.3 Å². The van der Waals surface area contributed by atoms with Gasteiger partial charge in [0.25, 0.3) is 5.92 Å². The maximum absolute atomic E-state index is 13.0. The number of amides is 1. The number of rotatable bonds is 3. The molecular weight excluding hydrogens is 306 g/mol. The average Bonchev–Trinajstić information content (AvgIpc) is 3.04. The van der Waals surface area contributed by atoms with Gasteiger partial charge in [0.05, 0.1) is 18.6 Å². The molecule has 1 aliphatic carbocycles. The second-order valence-electron chi connectivity index (χ2n) is 6.73. The molecule has 3 fully saturated rings. The number of hydrogen-bond acceptors (Lipinski definition) is 5. The van der Waals surface area contributed by atoms with Crippen LogP contribution in [0.25, 0.3) is 0 Å². The third-order valence-electron chi connectivity index (χ3n) is 5.09. The van der Waals surface area contributed by atoms with Gasteiger partial charge in [-0.1, -0.05) is 0 Å². The van der Waals surface area contributed by atoms with Crippen molar-refractivity contribution in [1.82, 2.24) is 15.3 Å². The van der Waals surface area contributed by atoms with Gasteiger partial charge in [0.2, 0.25) is 11.9 Å². The molecule has 0 aromatic carbocycles. The number of nitrogens with one attached hydrogen (secondary N) is 1. The van der Waals surface area contributed by atoms with Crippen molar-refractivity contribution >= 4 is 11.9 Å². The number of halogens is 2. The zero-order valence-corrected chi connectivity index (χ0v) is 12.5. The molecule has 2 saturated heterocycles. The molecule has 2 aliphatic heterocycles. The maximum atomic E-state index is 13.0. The minimum absolute atomic E-state index is 0.0342. The van der Waals surface area contributed by atoms with Crippen LogP contribution >= 0.6 is 0 Å². The van der Waals surface area contributed by atoms with Crippen LogP contribution in [0.5, 0.6) is 0 Å². The highest BCUT2D eigenvalue weighted by molar-refractivity contribution is 5.85. The molecule has 4 rings (SSSR count). The molecule has 8 heteroatoms. The molecule has 0 radical (unpaired) electrons. The highest BCUT2D eigenvalue weighted by Gasteiger charge is 2.57. The van der Waals surface area contributed by atoms with E-state index in [0.29, 0.717) is 32.3 Å². The number of carbonyl (C=O) groups excluding carboxylic acids is 1. The van der Waals surface area contributed by atoms with Crippen LogP contribution in [0.4, 0.5) is 14.7 Å². The predicted molar refractivity (Wildman–Crippen MR) is 77.1 cm³/mol. The monoisotopic (exact) mass is 324 g/mol. The first-order valence-corrected chi connectivity index (χ1v) is 7.77. The van der Waals surface area contributed by atoms with Crippen molar-refractivity contribution in [3.8, 4) is 0 Å². The van der Waals surface area contributed by atoms with Crippen LogP contribution < -0.4 is 10.2 Å². The van der Waals surface area contributed by atoms with E-state index in [-0.39, 0.29) is 24.7 Å². The zero-order valence-electron chi connectivity index (χ0n) is 12.5. The highest BCUT2D eigenvalue weighted by Crippen LogP contribution is 2.44. The Hall–Kier alpha value is -1.83. The molecule has 1 saturated carbocycles. The third kappa shape index (κ3) is 2.45. The molecule has 2 atom stereocenters. The lowest BCUT2D eigenvalue weighted by Crippen LogP contribution is -2.56. The summed E-state index contributed by atoms with van der Waals surface area (Å²) < 4.78 is 31.4. The average molecular weight is 324 g/mol. The summed E-state index contributed by atoms with van der Waals surface area (Å²) in [7, 11) is 0. The van der Waals surface area contributed by atoms with Crippen molar-refractivity contribution < 1.29 is 18.3 Å². The summed E-state index contributed by atoms with van der Waals surface area (Å²) in [6.07, 6.45) is 2.78. The summed E-state index contributed by atoms with van der Waals surface area (Å²) in [6, 6.07) is 1.30. The van der Waals surface area contributed by atoms with Gasteiger partial charge in [-0.3, -0.25) is 4.79 Å². The van der Waals surface area contributed by atoms with Crippen molar-refractivity contribution in [3.63, 3.8) is 0 Å². The summed E-state index contributed by atoms with van der Waals surface area (Å²) >= 11 is 0. The second kappa shape index (κ2) is 5.09. The van der Waals surface area contributed by atoms with Gasteiger partial charge < -0.3 is 15.0 Å². The Balaban J connectivity index is 1.48. The minimum atomic E-state index is -2.64. The fourth-order valence-corrected chi connectivity index (χ4v) is 3.76. The van der Waals surface area contributed by atoms with Crippen molar-refractivity contribution in [3.05, 3.63) is 18.5 Å². The Kier molecular flexibility index (Phi) is 3.26. The fourth-order valence-electron chi connectivity index (χ4n) is 3.76. The van der Waals surface area contributed by atoms with Crippen molar-refractivity contribution in [1.29, 1.82) is 0 Å². The Bertz CT molecular complexity index is 607. The molecule has 0 bridgehead atoms. The minimum Gasteiger partial charge on any atom is -0.380 e. The Morgan fingerprint density at radius 3 is 2.78 bits per heavy atom. The van der Waals surface area contributed by atoms with E-state index in [0.717, 1.165) is 0 Å². The number of fused-ring (bicyclic) bond motifs is 1. The molecule has 0 unspecified atom stereocenters. The molecule has 3 heterocycles. The van der Waals surface area contributed by atoms with Crippen LogP contribution in [0.15, 0.2) is 18.5 Å². The smallest absolute Gasteiger partial charge is 0.252 e. The lowest BCUT2D eigenvalue weighted by molar-refractivity contribution is -0.138. The molecule has 1 N–H and O–H groups in total. The first-order valence-electron chi connectivity index (χ1n) is 7.77. The van der Waals surface area contributed by atoms with Crippen molar-refractivity contribution in [2.45, 2.75) is 24.8 Å². The second-order valence-corrected chi connectivity index (χ2v) is 6.73. The largest absolute Gasteiger partial charge is 0.380 e. The van der Waals surface area contributed by atoms with E-state index < -0.39 is 17.4 Å². The van der Waals surface area contributed by atoms with Gasteiger partial charge in [0.15, 0.2) is 0 Å². The Morgan fingerprint density at radius 2 is 2.09 bits per heavy atom. The van der Waals surface area contributed by atoms with E-state index in [1.54, 1.807) is 18.5 Å². The van der Waals surface area contributed by atoms with Crippen LogP contribution in [0.1, 0.15) is 12.8 Å². The van der Waals surface area contributed by atoms with Gasteiger partial charge in [0.1, 0.15) is 0 Å². The summed E-state index contributed by atoms with van der Waals surface area (Å²) in [5, 5.41) is 2.78. The van der Waals surface area contributed by atoms with Crippen LogP contribution in [-0.2, 0) is 9.53 Å². The van der Waals surface area contributed by atoms with Gasteiger partial charge in [-0.25, -0.2) is 18.7 Å². The molecule has 1 aromatic rings. The summed E-state index contributed by atoms with van der Waals surface area (Å²) in [6.45, 7) is 1.91.